The maximum absolute atomic E-state index is 12.9. The fraction of sp³-hybridized carbons (Fsp3) is 0.143. The molecule has 0 saturated heterocycles. The minimum absolute atomic E-state index is 0.445. The summed E-state index contributed by atoms with van der Waals surface area (Å²) in [5, 5.41) is 0. The van der Waals surface area contributed by atoms with Gasteiger partial charge in [0.15, 0.2) is 11.6 Å². The summed E-state index contributed by atoms with van der Waals surface area (Å²) < 4.78 is 27.3. The van der Waals surface area contributed by atoms with Crippen LogP contribution < -0.4 is 4.52 Å². The molecule has 0 spiro atoms. The molecule has 0 aliphatic rings. The number of benzene rings is 1. The zero-order valence-electron chi connectivity index (χ0n) is 6.77. The molecule has 0 atom stereocenters. The van der Waals surface area contributed by atoms with E-state index < -0.39 is 19.4 Å². The normalized spacial score (nSPS) is 11.4. The summed E-state index contributed by atoms with van der Waals surface area (Å²) in [4.78, 5) is 16.8. The minimum Gasteiger partial charge on any atom is -0.401 e. The lowest BCUT2D eigenvalue weighted by atomic mass is 10.2. The number of hydrogen-bond acceptors (Lipinski definition) is 2. The van der Waals surface area contributed by atoms with Crippen molar-refractivity contribution in [1.82, 2.24) is 0 Å². The molecule has 6 heteroatoms. The third-order valence-corrected chi connectivity index (χ3v) is 1.74. The number of aryl methyl sites for hydroxylation is 1. The van der Waals surface area contributed by atoms with Crippen molar-refractivity contribution in [2.45, 2.75) is 6.92 Å². The fourth-order valence-electron chi connectivity index (χ4n) is 0.808. The Balaban J connectivity index is 2.97. The Hall–Kier alpha value is -0.900. The van der Waals surface area contributed by atoms with Crippen LogP contribution in [0.15, 0.2) is 18.2 Å². The van der Waals surface area contributed by atoms with E-state index in [0.717, 1.165) is 6.07 Å². The second-order valence-electron chi connectivity index (χ2n) is 2.52. The molecule has 72 valence electrons. The third-order valence-electron chi connectivity index (χ3n) is 1.30. The monoisotopic (exact) mass is 206 g/mol. The van der Waals surface area contributed by atoms with Crippen LogP contribution in [-0.2, 0) is 4.57 Å². The van der Waals surface area contributed by atoms with Crippen LogP contribution in [0.1, 0.15) is 5.56 Å². The molecule has 0 bridgehead atoms. The van der Waals surface area contributed by atoms with Gasteiger partial charge in [0.1, 0.15) is 0 Å². The Kier molecular flexibility index (Phi) is 2.71. The lowest BCUT2D eigenvalue weighted by Crippen LogP contribution is -1.93. The molecule has 0 saturated carbocycles. The van der Waals surface area contributed by atoms with Gasteiger partial charge in [-0.3, -0.25) is 9.79 Å². The maximum atomic E-state index is 12.9. The molecule has 1 aromatic rings. The van der Waals surface area contributed by atoms with E-state index in [1.807, 2.05) is 0 Å². The number of rotatable bonds is 2. The molecular weight excluding hydrogens is 198 g/mol. The van der Waals surface area contributed by atoms with E-state index in [4.69, 9.17) is 9.79 Å². The second-order valence-corrected chi connectivity index (χ2v) is 3.68. The van der Waals surface area contributed by atoms with Gasteiger partial charge in [-0.1, -0.05) is 6.07 Å². The van der Waals surface area contributed by atoms with Gasteiger partial charge in [0.05, 0.1) is 0 Å². The van der Waals surface area contributed by atoms with Crippen molar-refractivity contribution in [3.05, 3.63) is 29.6 Å². The molecule has 0 heterocycles. The van der Waals surface area contributed by atoms with Gasteiger partial charge < -0.3 is 4.52 Å². The van der Waals surface area contributed by atoms with Gasteiger partial charge in [-0.15, -0.1) is 0 Å². The molecule has 0 radical (unpaired) electrons. The van der Waals surface area contributed by atoms with Crippen molar-refractivity contribution in [2.24, 2.45) is 0 Å². The van der Waals surface area contributed by atoms with Crippen molar-refractivity contribution in [1.29, 1.82) is 0 Å². The van der Waals surface area contributed by atoms with Crippen LogP contribution in [0.5, 0.6) is 5.75 Å². The van der Waals surface area contributed by atoms with Crippen LogP contribution in [0.4, 0.5) is 4.39 Å². The molecule has 1 rings (SSSR count). The van der Waals surface area contributed by atoms with Crippen LogP contribution in [0.25, 0.3) is 0 Å². The van der Waals surface area contributed by atoms with E-state index in [-0.39, 0.29) is 0 Å². The Bertz CT molecular complexity index is 360. The zero-order chi connectivity index (χ0) is 10.1. The first-order chi connectivity index (χ1) is 5.88. The summed E-state index contributed by atoms with van der Waals surface area (Å²) >= 11 is 0. The number of hydrogen-bond donors (Lipinski definition) is 2. The zero-order valence-corrected chi connectivity index (χ0v) is 7.66. The molecule has 13 heavy (non-hydrogen) atoms. The van der Waals surface area contributed by atoms with E-state index >= 15 is 0 Å². The first-order valence-corrected chi connectivity index (χ1v) is 4.93. The van der Waals surface area contributed by atoms with Gasteiger partial charge in [-0.2, -0.15) is 0 Å². The highest BCUT2D eigenvalue weighted by atomic mass is 31.2. The lowest BCUT2D eigenvalue weighted by molar-refractivity contribution is 0.278. The van der Waals surface area contributed by atoms with Crippen molar-refractivity contribution in [3.63, 3.8) is 0 Å². The number of phosphoric ester groups is 1. The maximum Gasteiger partial charge on any atom is 0.524 e. The van der Waals surface area contributed by atoms with Crippen LogP contribution in [-0.4, -0.2) is 9.79 Å². The van der Waals surface area contributed by atoms with E-state index in [0.29, 0.717) is 5.56 Å². The second kappa shape index (κ2) is 3.46. The largest absolute Gasteiger partial charge is 0.524 e. The molecule has 0 unspecified atom stereocenters. The van der Waals surface area contributed by atoms with Gasteiger partial charge >= 0.3 is 7.82 Å². The van der Waals surface area contributed by atoms with E-state index in [9.17, 15) is 8.96 Å². The van der Waals surface area contributed by atoms with Gasteiger partial charge in [-0.25, -0.2) is 8.96 Å². The smallest absolute Gasteiger partial charge is 0.401 e. The Labute approximate surface area is 74.2 Å². The predicted molar refractivity (Wildman–Crippen MR) is 43.8 cm³/mol. The first kappa shape index (κ1) is 10.2. The minimum atomic E-state index is -4.67. The van der Waals surface area contributed by atoms with Crippen LogP contribution >= 0.6 is 7.82 Å². The molecule has 0 amide bonds. The number of halogens is 1. The molecule has 1 aromatic carbocycles. The van der Waals surface area contributed by atoms with Crippen LogP contribution in [0.2, 0.25) is 0 Å². The number of phosphoric acid groups is 1. The fourth-order valence-corrected chi connectivity index (χ4v) is 1.21. The highest BCUT2D eigenvalue weighted by Crippen LogP contribution is 2.38. The van der Waals surface area contributed by atoms with Crippen molar-refractivity contribution in [2.75, 3.05) is 0 Å². The van der Waals surface area contributed by atoms with E-state index in [2.05, 4.69) is 4.52 Å². The topological polar surface area (TPSA) is 66.8 Å². The summed E-state index contributed by atoms with van der Waals surface area (Å²) in [7, 11) is -4.67. The highest BCUT2D eigenvalue weighted by Gasteiger charge is 2.18. The SMILES string of the molecule is Cc1ccc(OP(=O)(O)O)c(F)c1. The van der Waals surface area contributed by atoms with Crippen LogP contribution in [0, 0.1) is 12.7 Å². The summed E-state index contributed by atoms with van der Waals surface area (Å²) in [6, 6.07) is 3.79. The predicted octanol–water partition coefficient (Wildman–Crippen LogP) is 1.61. The Morgan fingerprint density at radius 1 is 1.46 bits per heavy atom. The quantitative estimate of drug-likeness (QED) is 0.721. The van der Waals surface area contributed by atoms with Crippen molar-refractivity contribution >= 4 is 7.82 Å². The summed E-state index contributed by atoms with van der Waals surface area (Å²) in [5.41, 5.74) is 0.649. The van der Waals surface area contributed by atoms with Crippen molar-refractivity contribution in [3.8, 4) is 5.75 Å². The molecule has 2 N–H and O–H groups in total. The highest BCUT2D eigenvalue weighted by molar-refractivity contribution is 7.46. The molecule has 0 aliphatic carbocycles. The van der Waals surface area contributed by atoms with Crippen LogP contribution in [0.3, 0.4) is 0 Å². The molecule has 0 aromatic heterocycles. The molecular formula is C7H8FO4P. The van der Waals surface area contributed by atoms with Gasteiger partial charge in [0.2, 0.25) is 0 Å². The van der Waals surface area contributed by atoms with Gasteiger partial charge in [-0.05, 0) is 24.6 Å². The average Bonchev–Trinajstić information content (AvgIpc) is 1.93. The third kappa shape index (κ3) is 3.14. The standard InChI is InChI=1S/C7H8FO4P/c1-5-2-3-7(6(8)4-5)12-13(9,10)11/h2-4H,1H3,(H2,9,10,11). The lowest BCUT2D eigenvalue weighted by Gasteiger charge is -2.07. The average molecular weight is 206 g/mol. The Morgan fingerprint density at radius 2 is 2.08 bits per heavy atom. The van der Waals surface area contributed by atoms with E-state index in [1.54, 1.807) is 6.92 Å². The summed E-state index contributed by atoms with van der Waals surface area (Å²) in [6.07, 6.45) is 0. The Morgan fingerprint density at radius 3 is 2.54 bits per heavy atom. The van der Waals surface area contributed by atoms with E-state index in [1.165, 1.54) is 12.1 Å². The molecule has 0 fully saturated rings. The van der Waals surface area contributed by atoms with Crippen molar-refractivity contribution < 1.29 is 23.3 Å². The summed E-state index contributed by atoms with van der Waals surface area (Å²) in [6.45, 7) is 1.66. The van der Waals surface area contributed by atoms with Gasteiger partial charge in [0, 0.05) is 0 Å². The summed E-state index contributed by atoms with van der Waals surface area (Å²) in [5.74, 6) is -1.23. The van der Waals surface area contributed by atoms with Gasteiger partial charge in [0.25, 0.3) is 0 Å². The first-order valence-electron chi connectivity index (χ1n) is 3.40. The molecule has 4 nitrogen and oxygen atoms in total. The molecule has 0 aliphatic heterocycles.